The van der Waals surface area contributed by atoms with Gasteiger partial charge in [-0.1, -0.05) is 12.1 Å². The van der Waals surface area contributed by atoms with Crippen LogP contribution >= 0.6 is 0 Å². The van der Waals surface area contributed by atoms with Gasteiger partial charge >= 0.3 is 0 Å². The summed E-state index contributed by atoms with van der Waals surface area (Å²) in [5, 5.41) is 3.36. The summed E-state index contributed by atoms with van der Waals surface area (Å²) in [4.78, 5) is 14.2. The number of hydrogen-bond donors (Lipinski definition) is 1. The molecule has 0 saturated carbocycles. The fourth-order valence-corrected chi connectivity index (χ4v) is 4.35. The molecule has 1 aromatic rings. The molecule has 120 valence electrons. The van der Waals surface area contributed by atoms with Gasteiger partial charge in [0.15, 0.2) is 9.84 Å². The minimum atomic E-state index is -2.96. The normalized spacial score (nSPS) is 24.4. The van der Waals surface area contributed by atoms with Crippen molar-refractivity contribution in [2.75, 3.05) is 37.7 Å². The van der Waals surface area contributed by atoms with Crippen LogP contribution < -0.4 is 5.32 Å². The van der Waals surface area contributed by atoms with E-state index < -0.39 is 9.84 Å². The second-order valence-corrected chi connectivity index (χ2v) is 8.51. The summed E-state index contributed by atoms with van der Waals surface area (Å²) < 4.78 is 22.9. The lowest BCUT2D eigenvalue weighted by molar-refractivity contribution is 0.0770. The zero-order valence-electron chi connectivity index (χ0n) is 12.6. The molecule has 5 nitrogen and oxygen atoms in total. The Morgan fingerprint density at radius 2 is 2.05 bits per heavy atom. The Morgan fingerprint density at radius 3 is 2.73 bits per heavy atom. The minimum absolute atomic E-state index is 0.0544. The highest BCUT2D eigenvalue weighted by Gasteiger charge is 2.26. The van der Waals surface area contributed by atoms with Crippen molar-refractivity contribution in [2.24, 2.45) is 5.92 Å². The van der Waals surface area contributed by atoms with Gasteiger partial charge in [-0.25, -0.2) is 8.42 Å². The Labute approximate surface area is 131 Å². The van der Waals surface area contributed by atoms with Gasteiger partial charge in [-0.15, -0.1) is 0 Å². The highest BCUT2D eigenvalue weighted by Crippen LogP contribution is 2.17. The summed E-state index contributed by atoms with van der Waals surface area (Å²) in [6.07, 6.45) is 2.17. The zero-order chi connectivity index (χ0) is 15.6. The minimum Gasteiger partial charge on any atom is -0.337 e. The van der Waals surface area contributed by atoms with E-state index in [0.29, 0.717) is 24.6 Å². The van der Waals surface area contributed by atoms with Gasteiger partial charge in [0.2, 0.25) is 0 Å². The van der Waals surface area contributed by atoms with Crippen LogP contribution in [0.15, 0.2) is 24.3 Å². The smallest absolute Gasteiger partial charge is 0.253 e. The number of rotatable bonds is 3. The number of amides is 1. The quantitative estimate of drug-likeness (QED) is 0.890. The molecule has 2 aliphatic heterocycles. The van der Waals surface area contributed by atoms with Crippen LogP contribution in [0.1, 0.15) is 22.3 Å². The number of nitrogens with one attached hydrogen (secondary N) is 1. The maximum Gasteiger partial charge on any atom is 0.253 e. The second kappa shape index (κ2) is 6.38. The average Bonchev–Trinajstić information content (AvgIpc) is 3.00. The molecule has 6 heteroatoms. The van der Waals surface area contributed by atoms with E-state index in [1.165, 1.54) is 12.0 Å². The van der Waals surface area contributed by atoms with Crippen molar-refractivity contribution in [3.05, 3.63) is 35.4 Å². The van der Waals surface area contributed by atoms with Gasteiger partial charge in [0.05, 0.1) is 11.5 Å². The molecule has 0 spiro atoms. The summed E-state index contributed by atoms with van der Waals surface area (Å²) in [5.41, 5.74) is 1.85. The first kappa shape index (κ1) is 15.5. The van der Waals surface area contributed by atoms with Crippen molar-refractivity contribution >= 4 is 15.7 Å². The first-order valence-electron chi connectivity index (χ1n) is 7.83. The number of sulfone groups is 1. The third kappa shape index (κ3) is 3.67. The van der Waals surface area contributed by atoms with Gasteiger partial charge in [-0.05, 0) is 49.5 Å². The van der Waals surface area contributed by atoms with E-state index in [9.17, 15) is 13.2 Å². The number of benzene rings is 1. The second-order valence-electron chi connectivity index (χ2n) is 6.21. The molecule has 2 heterocycles. The van der Waals surface area contributed by atoms with Gasteiger partial charge in [0, 0.05) is 18.7 Å². The molecule has 3 rings (SSSR count). The number of carbonyl (C=O) groups excluding carboxylic acids is 1. The van der Waals surface area contributed by atoms with Gasteiger partial charge in [-0.2, -0.15) is 0 Å². The van der Waals surface area contributed by atoms with Gasteiger partial charge in [-0.3, -0.25) is 4.79 Å². The summed E-state index contributed by atoms with van der Waals surface area (Å²) in [6, 6.07) is 7.77. The Bertz CT molecular complexity index is 637. The van der Waals surface area contributed by atoms with Crippen LogP contribution in [0.2, 0.25) is 0 Å². The van der Waals surface area contributed by atoms with E-state index in [-0.39, 0.29) is 17.4 Å². The molecule has 0 bridgehead atoms. The highest BCUT2D eigenvalue weighted by molar-refractivity contribution is 7.91. The van der Waals surface area contributed by atoms with E-state index in [4.69, 9.17) is 0 Å². The van der Waals surface area contributed by atoms with Crippen LogP contribution in [-0.2, 0) is 16.3 Å². The Hall–Kier alpha value is -1.40. The van der Waals surface area contributed by atoms with Crippen molar-refractivity contribution in [2.45, 2.75) is 12.8 Å². The van der Waals surface area contributed by atoms with Gasteiger partial charge in [0.1, 0.15) is 0 Å². The molecule has 2 aliphatic rings. The molecule has 0 radical (unpaired) electrons. The molecule has 22 heavy (non-hydrogen) atoms. The molecule has 1 atom stereocenters. The predicted octanol–water partition coefficient (Wildman–Crippen LogP) is 0.709. The summed E-state index contributed by atoms with van der Waals surface area (Å²) >= 11 is 0. The predicted molar refractivity (Wildman–Crippen MR) is 85.7 cm³/mol. The summed E-state index contributed by atoms with van der Waals surface area (Å²) in [7, 11) is -2.96. The van der Waals surface area contributed by atoms with Crippen LogP contribution in [-0.4, -0.2) is 56.9 Å². The maximum atomic E-state index is 12.5. The number of hydrogen-bond acceptors (Lipinski definition) is 4. The molecule has 1 N–H and O–H groups in total. The highest BCUT2D eigenvalue weighted by atomic mass is 32.2. The fourth-order valence-electron chi connectivity index (χ4n) is 3.15. The zero-order valence-corrected chi connectivity index (χ0v) is 13.4. The van der Waals surface area contributed by atoms with Crippen LogP contribution in [0.25, 0.3) is 0 Å². The van der Waals surface area contributed by atoms with Crippen molar-refractivity contribution < 1.29 is 13.2 Å². The van der Waals surface area contributed by atoms with Crippen molar-refractivity contribution in [1.29, 1.82) is 0 Å². The number of carbonyl (C=O) groups is 1. The van der Waals surface area contributed by atoms with E-state index in [1.807, 2.05) is 18.2 Å². The Balaban J connectivity index is 1.67. The lowest BCUT2D eigenvalue weighted by Gasteiger charge is -2.27. The van der Waals surface area contributed by atoms with E-state index in [0.717, 1.165) is 19.5 Å². The molecule has 1 unspecified atom stereocenters. The van der Waals surface area contributed by atoms with Crippen molar-refractivity contribution in [1.82, 2.24) is 10.2 Å². The average molecular weight is 322 g/mol. The third-order valence-electron chi connectivity index (χ3n) is 4.49. The van der Waals surface area contributed by atoms with Crippen molar-refractivity contribution in [3.63, 3.8) is 0 Å². The summed E-state index contributed by atoms with van der Waals surface area (Å²) in [6.45, 7) is 2.73. The molecular weight excluding hydrogens is 300 g/mol. The third-order valence-corrected chi connectivity index (χ3v) is 6.10. The Morgan fingerprint density at radius 1 is 1.27 bits per heavy atom. The first-order valence-corrected chi connectivity index (χ1v) is 9.65. The van der Waals surface area contributed by atoms with E-state index in [1.54, 1.807) is 4.90 Å². The van der Waals surface area contributed by atoms with Crippen LogP contribution in [0.3, 0.4) is 0 Å². The topological polar surface area (TPSA) is 66.5 Å². The lowest BCUT2D eigenvalue weighted by Crippen LogP contribution is -2.43. The maximum absolute atomic E-state index is 12.5. The number of nitrogens with zero attached hydrogens (tertiary/aromatic N) is 1. The molecule has 2 fully saturated rings. The van der Waals surface area contributed by atoms with Crippen LogP contribution in [0.4, 0.5) is 0 Å². The largest absolute Gasteiger partial charge is 0.337 e. The molecule has 0 aliphatic carbocycles. The van der Waals surface area contributed by atoms with E-state index in [2.05, 4.69) is 11.4 Å². The lowest BCUT2D eigenvalue weighted by atomic mass is 9.97. The fraction of sp³-hybridized carbons (Fsp3) is 0.562. The Kier molecular flexibility index (Phi) is 4.49. The molecule has 0 aromatic heterocycles. The molecule has 2 saturated heterocycles. The standard InChI is InChI=1S/C16H22N2O3S/c19-16(18-6-8-22(20,21)9-7-18)15-3-1-2-13(11-15)10-14-4-5-17-12-14/h1-3,11,14,17H,4-10,12H2. The van der Waals surface area contributed by atoms with E-state index >= 15 is 0 Å². The molecule has 1 amide bonds. The van der Waals surface area contributed by atoms with Gasteiger partial charge in [0.25, 0.3) is 5.91 Å². The van der Waals surface area contributed by atoms with Crippen molar-refractivity contribution in [3.8, 4) is 0 Å². The first-order chi connectivity index (χ1) is 10.5. The van der Waals surface area contributed by atoms with Crippen LogP contribution in [0, 0.1) is 5.92 Å². The summed E-state index contributed by atoms with van der Waals surface area (Å²) in [5.74, 6) is 0.741. The monoisotopic (exact) mass is 322 g/mol. The van der Waals surface area contributed by atoms with Crippen LogP contribution in [0.5, 0.6) is 0 Å². The van der Waals surface area contributed by atoms with Gasteiger partial charge < -0.3 is 10.2 Å². The molecule has 1 aromatic carbocycles. The molecular formula is C16H22N2O3S. The SMILES string of the molecule is O=C(c1cccc(CC2CCNC2)c1)N1CCS(=O)(=O)CC1.